The van der Waals surface area contributed by atoms with Crippen molar-refractivity contribution < 1.29 is 4.79 Å². The predicted molar refractivity (Wildman–Crippen MR) is 123 cm³/mol. The fourth-order valence-corrected chi connectivity index (χ4v) is 4.65. The molecule has 0 saturated heterocycles. The quantitative estimate of drug-likeness (QED) is 0.390. The number of benzene rings is 2. The summed E-state index contributed by atoms with van der Waals surface area (Å²) >= 11 is 9.01. The lowest BCUT2D eigenvalue weighted by Crippen LogP contribution is -2.30. The van der Waals surface area contributed by atoms with Crippen molar-refractivity contribution in [2.24, 2.45) is 7.05 Å². The number of amides is 1. The van der Waals surface area contributed by atoms with Gasteiger partial charge >= 0.3 is 0 Å². The number of rotatable bonds is 7. The second-order valence-electron chi connectivity index (χ2n) is 6.59. The Morgan fingerprint density at radius 1 is 1.07 bits per heavy atom. The first-order valence-electron chi connectivity index (χ1n) is 9.27. The number of carbonyl (C=O) groups excluding carboxylic acids is 1. The van der Waals surface area contributed by atoms with Crippen LogP contribution in [0.25, 0.3) is 10.7 Å². The second kappa shape index (κ2) is 9.47. The van der Waals surface area contributed by atoms with Gasteiger partial charge in [-0.15, -0.1) is 21.5 Å². The highest BCUT2D eigenvalue weighted by atomic mass is 35.5. The maximum Gasteiger partial charge on any atom is 0.231 e. The maximum atomic E-state index is 12.8. The van der Waals surface area contributed by atoms with Crippen LogP contribution in [-0.2, 0) is 11.8 Å². The van der Waals surface area contributed by atoms with E-state index in [1.807, 2.05) is 83.7 Å². The minimum absolute atomic E-state index is 0.0792. The Bertz CT molecular complexity index is 1110. The Hall–Kier alpha value is -2.61. The van der Waals surface area contributed by atoms with Crippen molar-refractivity contribution >= 4 is 40.6 Å². The number of aromatic nitrogens is 3. The van der Waals surface area contributed by atoms with Gasteiger partial charge in [0.1, 0.15) is 0 Å². The van der Waals surface area contributed by atoms with Crippen LogP contribution in [0.5, 0.6) is 0 Å². The molecule has 0 bridgehead atoms. The Kier molecular flexibility index (Phi) is 6.52. The van der Waals surface area contributed by atoms with Crippen LogP contribution in [-0.4, -0.2) is 26.4 Å². The number of hydrogen-bond donors (Lipinski definition) is 1. The van der Waals surface area contributed by atoms with Crippen LogP contribution < -0.4 is 5.32 Å². The number of nitrogens with zero attached hydrogens (tertiary/aromatic N) is 3. The first kappa shape index (κ1) is 20.7. The zero-order valence-corrected chi connectivity index (χ0v) is 18.5. The highest BCUT2D eigenvalue weighted by molar-refractivity contribution is 7.99. The van der Waals surface area contributed by atoms with Gasteiger partial charge in [0.2, 0.25) is 5.91 Å². The molecule has 1 atom stereocenters. The molecule has 8 heteroatoms. The van der Waals surface area contributed by atoms with E-state index in [0.29, 0.717) is 10.2 Å². The lowest BCUT2D eigenvalue weighted by atomic mass is 9.99. The lowest BCUT2D eigenvalue weighted by Gasteiger charge is -2.20. The Morgan fingerprint density at radius 2 is 1.80 bits per heavy atom. The molecule has 2 aromatic carbocycles. The molecule has 5 nitrogen and oxygen atoms in total. The molecule has 152 valence electrons. The third-order valence-corrected chi connectivity index (χ3v) is 6.69. The van der Waals surface area contributed by atoms with Gasteiger partial charge < -0.3 is 9.88 Å². The zero-order chi connectivity index (χ0) is 20.9. The monoisotopic (exact) mass is 454 g/mol. The standard InChI is InChI=1S/C22H19ClN4OS2/c1-27-21(18-8-5-13-29-18)25-26-22(27)30-14-19(28)24-20(15-6-3-2-4-7-15)16-9-11-17(23)12-10-16/h2-13,20H,14H2,1H3,(H,24,28). The van der Waals surface area contributed by atoms with E-state index in [9.17, 15) is 4.79 Å². The summed E-state index contributed by atoms with van der Waals surface area (Å²) in [5, 5.41) is 15.0. The van der Waals surface area contributed by atoms with Gasteiger partial charge in [-0.25, -0.2) is 0 Å². The molecule has 4 aromatic rings. The van der Waals surface area contributed by atoms with Gasteiger partial charge in [-0.05, 0) is 34.7 Å². The normalized spacial score (nSPS) is 11.9. The van der Waals surface area contributed by atoms with E-state index in [2.05, 4.69) is 15.5 Å². The molecule has 0 aliphatic rings. The average molecular weight is 455 g/mol. The van der Waals surface area contributed by atoms with Crippen LogP contribution in [0.1, 0.15) is 17.2 Å². The molecule has 1 amide bonds. The summed E-state index contributed by atoms with van der Waals surface area (Å²) in [7, 11) is 1.91. The third kappa shape index (κ3) is 4.75. The SMILES string of the molecule is Cn1c(SCC(=O)NC(c2ccccc2)c2ccc(Cl)cc2)nnc1-c1cccs1. The zero-order valence-electron chi connectivity index (χ0n) is 16.2. The summed E-state index contributed by atoms with van der Waals surface area (Å²) in [5.74, 6) is 0.966. The van der Waals surface area contributed by atoms with Crippen LogP contribution in [0.3, 0.4) is 0 Å². The Morgan fingerprint density at radius 3 is 2.50 bits per heavy atom. The molecule has 2 heterocycles. The molecule has 0 aliphatic heterocycles. The highest BCUT2D eigenvalue weighted by Gasteiger charge is 2.18. The van der Waals surface area contributed by atoms with Crippen molar-refractivity contribution in [1.29, 1.82) is 0 Å². The van der Waals surface area contributed by atoms with Crippen LogP contribution >= 0.6 is 34.7 Å². The largest absolute Gasteiger partial charge is 0.344 e. The van der Waals surface area contributed by atoms with Crippen LogP contribution in [0.4, 0.5) is 0 Å². The van der Waals surface area contributed by atoms with Gasteiger partial charge in [0.05, 0.1) is 16.7 Å². The molecule has 2 aromatic heterocycles. The molecule has 0 radical (unpaired) electrons. The maximum absolute atomic E-state index is 12.8. The van der Waals surface area contributed by atoms with Gasteiger partial charge in [-0.2, -0.15) is 0 Å². The topological polar surface area (TPSA) is 59.8 Å². The van der Waals surface area contributed by atoms with E-state index in [1.165, 1.54) is 11.8 Å². The van der Waals surface area contributed by atoms with Crippen LogP contribution in [0.2, 0.25) is 5.02 Å². The lowest BCUT2D eigenvalue weighted by molar-refractivity contribution is -0.119. The molecule has 0 fully saturated rings. The van der Waals surface area contributed by atoms with Gasteiger partial charge in [0.15, 0.2) is 11.0 Å². The minimum Gasteiger partial charge on any atom is -0.344 e. The minimum atomic E-state index is -0.252. The van der Waals surface area contributed by atoms with Gasteiger partial charge in [0, 0.05) is 12.1 Å². The summed E-state index contributed by atoms with van der Waals surface area (Å²) in [5.41, 5.74) is 1.99. The first-order valence-corrected chi connectivity index (χ1v) is 11.5. The summed E-state index contributed by atoms with van der Waals surface area (Å²) in [6.45, 7) is 0. The number of carbonyl (C=O) groups is 1. The summed E-state index contributed by atoms with van der Waals surface area (Å²) in [6.07, 6.45) is 0. The van der Waals surface area contributed by atoms with E-state index >= 15 is 0 Å². The molecule has 4 rings (SSSR count). The second-order valence-corrected chi connectivity index (χ2v) is 8.92. The van der Waals surface area contributed by atoms with Crippen molar-refractivity contribution in [1.82, 2.24) is 20.1 Å². The van der Waals surface area contributed by atoms with Crippen molar-refractivity contribution in [3.63, 3.8) is 0 Å². The smallest absolute Gasteiger partial charge is 0.231 e. The molecule has 30 heavy (non-hydrogen) atoms. The summed E-state index contributed by atoms with van der Waals surface area (Å²) in [4.78, 5) is 13.8. The van der Waals surface area contributed by atoms with Gasteiger partial charge in [-0.1, -0.05) is 71.9 Å². The highest BCUT2D eigenvalue weighted by Crippen LogP contribution is 2.27. The number of thioether (sulfide) groups is 1. The van der Waals surface area contributed by atoms with Crippen molar-refractivity contribution in [2.75, 3.05) is 5.75 Å². The fourth-order valence-electron chi connectivity index (χ4n) is 3.05. The Labute approximate surface area is 188 Å². The molecule has 1 unspecified atom stereocenters. The van der Waals surface area contributed by atoms with E-state index in [4.69, 9.17) is 11.6 Å². The number of nitrogens with one attached hydrogen (secondary N) is 1. The Balaban J connectivity index is 1.46. The van der Waals surface area contributed by atoms with Crippen molar-refractivity contribution in [3.8, 4) is 10.7 Å². The van der Waals surface area contributed by atoms with E-state index in [0.717, 1.165) is 21.8 Å². The van der Waals surface area contributed by atoms with Crippen molar-refractivity contribution in [3.05, 3.63) is 88.3 Å². The van der Waals surface area contributed by atoms with E-state index < -0.39 is 0 Å². The number of halogens is 1. The molecule has 0 spiro atoms. The average Bonchev–Trinajstić information content (AvgIpc) is 3.42. The molecular weight excluding hydrogens is 436 g/mol. The molecule has 0 saturated carbocycles. The van der Waals surface area contributed by atoms with Crippen molar-refractivity contribution in [2.45, 2.75) is 11.2 Å². The number of thiophene rings is 1. The fraction of sp³-hybridized carbons (Fsp3) is 0.136. The first-order chi connectivity index (χ1) is 14.6. The molecular formula is C22H19ClN4OS2. The predicted octanol–water partition coefficient (Wildman–Crippen LogP) is 5.19. The molecule has 0 aliphatic carbocycles. The number of hydrogen-bond acceptors (Lipinski definition) is 5. The third-order valence-electron chi connectivity index (χ3n) is 4.55. The van der Waals surface area contributed by atoms with E-state index in [-0.39, 0.29) is 17.7 Å². The summed E-state index contributed by atoms with van der Waals surface area (Å²) in [6, 6.07) is 21.2. The molecule has 1 N–H and O–H groups in total. The summed E-state index contributed by atoms with van der Waals surface area (Å²) < 4.78 is 1.91. The van der Waals surface area contributed by atoms with Crippen LogP contribution in [0, 0.1) is 0 Å². The van der Waals surface area contributed by atoms with Crippen LogP contribution in [0.15, 0.2) is 77.3 Å². The van der Waals surface area contributed by atoms with Gasteiger partial charge in [0.25, 0.3) is 0 Å². The van der Waals surface area contributed by atoms with E-state index in [1.54, 1.807) is 11.3 Å². The van der Waals surface area contributed by atoms with Gasteiger partial charge in [-0.3, -0.25) is 4.79 Å².